The van der Waals surface area contributed by atoms with Gasteiger partial charge in [-0.25, -0.2) is 4.98 Å². The number of imidazole rings is 1. The van der Waals surface area contributed by atoms with Crippen molar-refractivity contribution in [2.45, 2.75) is 19.4 Å². The number of amides is 1. The van der Waals surface area contributed by atoms with Crippen molar-refractivity contribution in [1.82, 2.24) is 15.0 Å². The summed E-state index contributed by atoms with van der Waals surface area (Å²) in [7, 11) is 0. The number of nitrogens with two attached hydrogens (primary N) is 1. The van der Waals surface area contributed by atoms with Crippen molar-refractivity contribution in [3.05, 3.63) is 42.2 Å². The Labute approximate surface area is 105 Å². The summed E-state index contributed by atoms with van der Waals surface area (Å²) in [5.41, 5.74) is 6.23. The number of rotatable bonds is 5. The van der Waals surface area contributed by atoms with Crippen LogP contribution in [0.15, 0.2) is 30.7 Å². The molecule has 0 aliphatic heterocycles. The van der Waals surface area contributed by atoms with Gasteiger partial charge in [-0.15, -0.1) is 0 Å². The molecule has 1 unspecified atom stereocenters. The van der Waals surface area contributed by atoms with Crippen LogP contribution in [0.2, 0.25) is 0 Å². The first-order valence-corrected chi connectivity index (χ1v) is 5.72. The van der Waals surface area contributed by atoms with Crippen molar-refractivity contribution in [3.63, 3.8) is 0 Å². The Morgan fingerprint density at radius 1 is 1.50 bits per heavy atom. The fourth-order valence-corrected chi connectivity index (χ4v) is 1.69. The largest absolute Gasteiger partial charge is 0.375 e. The highest BCUT2D eigenvalue weighted by atomic mass is 16.1. The van der Waals surface area contributed by atoms with E-state index in [1.807, 2.05) is 0 Å². The van der Waals surface area contributed by atoms with Crippen molar-refractivity contribution >= 4 is 11.6 Å². The molecule has 0 aliphatic carbocycles. The van der Waals surface area contributed by atoms with E-state index in [1.54, 1.807) is 30.7 Å². The van der Waals surface area contributed by atoms with E-state index in [4.69, 9.17) is 5.73 Å². The molecule has 2 rings (SSSR count). The molecule has 1 atom stereocenters. The second kappa shape index (κ2) is 5.31. The molecule has 0 fully saturated rings. The number of aromatic nitrogens is 3. The first-order chi connectivity index (χ1) is 8.70. The van der Waals surface area contributed by atoms with Gasteiger partial charge in [0.2, 0.25) is 0 Å². The number of anilines is 1. The summed E-state index contributed by atoms with van der Waals surface area (Å²) in [4.78, 5) is 22.2. The van der Waals surface area contributed by atoms with Gasteiger partial charge in [0.25, 0.3) is 5.91 Å². The standard InChI is InChI=1S/C12H15N5O/c1-2-9(12-15-5-6-16-12)17-8-3-4-14-10(7-8)11(13)18/h3-7,9H,2H2,1H3,(H2,13,18)(H,14,17)(H,15,16). The Morgan fingerprint density at radius 2 is 2.33 bits per heavy atom. The zero-order chi connectivity index (χ0) is 13.0. The molecule has 2 aromatic heterocycles. The molecule has 0 radical (unpaired) electrons. The van der Waals surface area contributed by atoms with Crippen molar-refractivity contribution in [1.29, 1.82) is 0 Å². The normalized spacial score (nSPS) is 12.1. The minimum absolute atomic E-state index is 0.0585. The van der Waals surface area contributed by atoms with Crippen LogP contribution in [-0.2, 0) is 0 Å². The second-order valence-electron chi connectivity index (χ2n) is 3.87. The van der Waals surface area contributed by atoms with Gasteiger partial charge in [0.15, 0.2) is 0 Å². The topological polar surface area (TPSA) is 96.7 Å². The molecule has 6 nitrogen and oxygen atoms in total. The molecule has 0 aromatic carbocycles. The van der Waals surface area contributed by atoms with Crippen LogP contribution >= 0.6 is 0 Å². The highest BCUT2D eigenvalue weighted by molar-refractivity contribution is 5.91. The zero-order valence-electron chi connectivity index (χ0n) is 10.1. The lowest BCUT2D eigenvalue weighted by Gasteiger charge is -2.16. The van der Waals surface area contributed by atoms with Crippen molar-refractivity contribution in [2.24, 2.45) is 5.73 Å². The average molecular weight is 245 g/mol. The van der Waals surface area contributed by atoms with Gasteiger partial charge >= 0.3 is 0 Å². The lowest BCUT2D eigenvalue weighted by Crippen LogP contribution is -2.15. The summed E-state index contributed by atoms with van der Waals surface area (Å²) < 4.78 is 0. The fraction of sp³-hybridized carbons (Fsp3) is 0.250. The summed E-state index contributed by atoms with van der Waals surface area (Å²) >= 11 is 0. The van der Waals surface area contributed by atoms with Gasteiger partial charge < -0.3 is 16.0 Å². The first-order valence-electron chi connectivity index (χ1n) is 5.72. The Morgan fingerprint density at radius 3 is 2.94 bits per heavy atom. The number of carbonyl (C=O) groups is 1. The van der Waals surface area contributed by atoms with E-state index >= 15 is 0 Å². The van der Waals surface area contributed by atoms with E-state index < -0.39 is 5.91 Å². The number of primary amides is 1. The number of aromatic amines is 1. The maximum absolute atomic E-state index is 11.1. The van der Waals surface area contributed by atoms with Crippen molar-refractivity contribution < 1.29 is 4.79 Å². The average Bonchev–Trinajstić information content (AvgIpc) is 2.90. The third kappa shape index (κ3) is 2.65. The number of nitrogens with one attached hydrogen (secondary N) is 2. The molecule has 6 heteroatoms. The molecule has 0 spiro atoms. The zero-order valence-corrected chi connectivity index (χ0v) is 10.1. The van der Waals surface area contributed by atoms with Crippen molar-refractivity contribution in [3.8, 4) is 0 Å². The third-order valence-corrected chi connectivity index (χ3v) is 2.61. The number of hydrogen-bond acceptors (Lipinski definition) is 4. The van der Waals surface area contributed by atoms with E-state index in [2.05, 4.69) is 27.2 Å². The predicted octanol–water partition coefficient (Wildman–Crippen LogP) is 1.47. The smallest absolute Gasteiger partial charge is 0.267 e. The molecule has 4 N–H and O–H groups in total. The van der Waals surface area contributed by atoms with Gasteiger partial charge in [0.1, 0.15) is 11.5 Å². The maximum atomic E-state index is 11.1. The second-order valence-corrected chi connectivity index (χ2v) is 3.87. The SMILES string of the molecule is CCC(Nc1ccnc(C(N)=O)c1)c1ncc[nH]1. The monoisotopic (exact) mass is 245 g/mol. The molecule has 0 aliphatic rings. The van der Waals surface area contributed by atoms with Crippen LogP contribution in [0.4, 0.5) is 5.69 Å². The van der Waals surface area contributed by atoms with Crippen LogP contribution in [0.3, 0.4) is 0 Å². The van der Waals surface area contributed by atoms with E-state index in [0.29, 0.717) is 0 Å². The lowest BCUT2D eigenvalue weighted by atomic mass is 10.2. The number of hydrogen-bond donors (Lipinski definition) is 3. The Hall–Kier alpha value is -2.37. The molecular formula is C12H15N5O. The first kappa shape index (κ1) is 12.1. The quantitative estimate of drug-likeness (QED) is 0.743. The summed E-state index contributed by atoms with van der Waals surface area (Å²) in [5.74, 6) is 0.319. The summed E-state index contributed by atoms with van der Waals surface area (Å²) in [6, 6.07) is 3.48. The Kier molecular flexibility index (Phi) is 3.57. The fourth-order valence-electron chi connectivity index (χ4n) is 1.69. The third-order valence-electron chi connectivity index (χ3n) is 2.61. The van der Waals surface area contributed by atoms with Gasteiger partial charge in [-0.1, -0.05) is 6.92 Å². The van der Waals surface area contributed by atoms with Crippen LogP contribution in [0.25, 0.3) is 0 Å². The summed E-state index contributed by atoms with van der Waals surface area (Å²) in [6.45, 7) is 2.05. The highest BCUT2D eigenvalue weighted by Gasteiger charge is 2.12. The van der Waals surface area contributed by atoms with Crippen LogP contribution in [0, 0.1) is 0 Å². The molecule has 1 amide bonds. The van der Waals surface area contributed by atoms with Gasteiger partial charge in [-0.3, -0.25) is 9.78 Å². The molecule has 2 heterocycles. The Bertz CT molecular complexity index is 523. The van der Waals surface area contributed by atoms with Crippen molar-refractivity contribution in [2.75, 3.05) is 5.32 Å². The molecule has 94 valence electrons. The van der Waals surface area contributed by atoms with E-state index in [1.165, 1.54) is 0 Å². The molecule has 0 bridgehead atoms. The number of carbonyl (C=O) groups excluding carboxylic acids is 1. The van der Waals surface area contributed by atoms with Crippen LogP contribution in [0.1, 0.15) is 35.7 Å². The molecule has 0 saturated carbocycles. The summed E-state index contributed by atoms with van der Waals surface area (Å²) in [6.07, 6.45) is 5.90. The van der Waals surface area contributed by atoms with E-state index in [9.17, 15) is 4.79 Å². The lowest BCUT2D eigenvalue weighted by molar-refractivity contribution is 0.0995. The van der Waals surface area contributed by atoms with Crippen LogP contribution in [0.5, 0.6) is 0 Å². The predicted molar refractivity (Wildman–Crippen MR) is 68.0 cm³/mol. The maximum Gasteiger partial charge on any atom is 0.267 e. The highest BCUT2D eigenvalue weighted by Crippen LogP contribution is 2.19. The minimum atomic E-state index is -0.537. The minimum Gasteiger partial charge on any atom is -0.375 e. The van der Waals surface area contributed by atoms with Crippen LogP contribution in [-0.4, -0.2) is 20.9 Å². The Balaban J connectivity index is 2.17. The summed E-state index contributed by atoms with van der Waals surface area (Å²) in [5, 5.41) is 3.28. The van der Waals surface area contributed by atoms with Gasteiger partial charge in [0.05, 0.1) is 6.04 Å². The molecule has 0 saturated heterocycles. The molecule has 2 aromatic rings. The van der Waals surface area contributed by atoms with E-state index in [0.717, 1.165) is 17.9 Å². The van der Waals surface area contributed by atoms with Gasteiger partial charge in [0, 0.05) is 24.3 Å². The molecule has 18 heavy (non-hydrogen) atoms. The van der Waals surface area contributed by atoms with Gasteiger partial charge in [-0.2, -0.15) is 0 Å². The molecular weight excluding hydrogens is 230 g/mol. The van der Waals surface area contributed by atoms with Crippen LogP contribution < -0.4 is 11.1 Å². The van der Waals surface area contributed by atoms with Gasteiger partial charge in [-0.05, 0) is 18.6 Å². The number of pyridine rings is 1. The van der Waals surface area contributed by atoms with E-state index in [-0.39, 0.29) is 11.7 Å². The number of H-pyrrole nitrogens is 1. The number of nitrogens with zero attached hydrogens (tertiary/aromatic N) is 2.